The number of nitrogens with one attached hydrogen (secondary N) is 1. The molecule has 1 amide bonds. The molecule has 0 aliphatic carbocycles. The van der Waals surface area contributed by atoms with Gasteiger partial charge in [-0.1, -0.05) is 109 Å². The maximum absolute atomic E-state index is 14.0. The zero-order chi connectivity index (χ0) is 28.7. The van der Waals surface area contributed by atoms with Gasteiger partial charge in [0.1, 0.15) is 17.5 Å². The molecule has 0 saturated carbocycles. The maximum atomic E-state index is 14.0. The van der Waals surface area contributed by atoms with E-state index in [4.69, 9.17) is 0 Å². The molecule has 0 aromatic heterocycles. The van der Waals surface area contributed by atoms with Crippen molar-refractivity contribution in [3.05, 3.63) is 138 Å². The highest BCUT2D eigenvalue weighted by Gasteiger charge is 2.68. The van der Waals surface area contributed by atoms with Crippen LogP contribution in [0.2, 0.25) is 0 Å². The lowest BCUT2D eigenvalue weighted by Crippen LogP contribution is -2.73. The van der Waals surface area contributed by atoms with Crippen molar-refractivity contribution in [2.24, 2.45) is 0 Å². The van der Waals surface area contributed by atoms with Gasteiger partial charge in [0.05, 0.1) is 10.3 Å². The van der Waals surface area contributed by atoms with Gasteiger partial charge in [-0.05, 0) is 41.7 Å². The van der Waals surface area contributed by atoms with Crippen LogP contribution in [-0.2, 0) is 15.1 Å². The van der Waals surface area contributed by atoms with Crippen molar-refractivity contribution in [3.63, 3.8) is 0 Å². The Kier molecular flexibility index (Phi) is 6.79. The first-order valence-electron chi connectivity index (χ1n) is 14.5. The predicted octanol–water partition coefficient (Wildman–Crippen LogP) is 5.34. The summed E-state index contributed by atoms with van der Waals surface area (Å²) in [6, 6.07) is 39.6. The summed E-state index contributed by atoms with van der Waals surface area (Å²) in [6.45, 7) is 1.52. The van der Waals surface area contributed by atoms with E-state index in [1.54, 1.807) is 16.7 Å². The van der Waals surface area contributed by atoms with Gasteiger partial charge in [0, 0.05) is 18.8 Å². The van der Waals surface area contributed by atoms with Crippen LogP contribution in [0.15, 0.2) is 121 Å². The second-order valence-electron chi connectivity index (χ2n) is 11.4. The number of aliphatic carboxylic acids is 1. The molecule has 3 atom stereocenters. The Balaban J connectivity index is 1.25. The van der Waals surface area contributed by atoms with Crippen LogP contribution in [-0.4, -0.2) is 57.2 Å². The lowest BCUT2D eigenvalue weighted by Gasteiger charge is -2.49. The van der Waals surface area contributed by atoms with Crippen molar-refractivity contribution in [1.29, 1.82) is 0 Å². The van der Waals surface area contributed by atoms with Crippen molar-refractivity contribution in [2.75, 3.05) is 18.0 Å². The van der Waals surface area contributed by atoms with Gasteiger partial charge >= 0.3 is 5.97 Å². The van der Waals surface area contributed by atoms with Crippen molar-refractivity contribution in [2.45, 2.75) is 40.6 Å². The summed E-state index contributed by atoms with van der Waals surface area (Å²) in [5, 5.41) is 14.0. The smallest absolute Gasteiger partial charge is 0.327 e. The largest absolute Gasteiger partial charge is 0.480 e. The molecular weight excluding hydrogens is 542 g/mol. The Bertz CT molecular complexity index is 1460. The number of carboxylic acid groups (broad SMARTS) is 1. The molecule has 3 unspecified atom stereocenters. The van der Waals surface area contributed by atoms with Crippen LogP contribution in [0.3, 0.4) is 0 Å². The third-order valence-corrected chi connectivity index (χ3v) is 11.0. The predicted molar refractivity (Wildman–Crippen MR) is 166 cm³/mol. The number of rotatable bonds is 7. The standard InChI is InChI=1S/C35H33N3O3S/c39-31-29(32-38(31)30(33(40)41)34(42-32)21-23-37(24-22-34)28-19-11-4-12-20-28)36-35(25-13-5-1-6-14-25,26-15-7-2-8-16-26)27-17-9-3-10-18-27/h1-20,29-30,32,36H,21-24H2,(H,40,41). The van der Waals surface area contributed by atoms with E-state index in [1.807, 2.05) is 72.8 Å². The number of carbonyl (C=O) groups excluding carboxylic acids is 1. The van der Waals surface area contributed by atoms with E-state index in [0.717, 1.165) is 35.5 Å². The number of benzene rings is 4. The molecule has 3 aliphatic heterocycles. The molecule has 3 aliphatic rings. The SMILES string of the molecule is O=C(O)C1N2C(=O)C(NC(c3ccccc3)(c3ccccc3)c3ccccc3)C2SC12CCN(c1ccccc1)CC2. The number of amides is 1. The van der Waals surface area contributed by atoms with E-state index < -0.39 is 28.3 Å². The first kappa shape index (κ1) is 26.8. The van der Waals surface area contributed by atoms with Gasteiger partial charge in [0.25, 0.3) is 0 Å². The highest BCUT2D eigenvalue weighted by molar-refractivity contribution is 8.01. The molecule has 6 nitrogen and oxygen atoms in total. The fraction of sp³-hybridized carbons (Fsp3) is 0.257. The number of piperidine rings is 1. The maximum Gasteiger partial charge on any atom is 0.327 e. The first-order valence-corrected chi connectivity index (χ1v) is 15.4. The molecule has 4 aromatic rings. The molecule has 42 heavy (non-hydrogen) atoms. The molecule has 7 heteroatoms. The van der Waals surface area contributed by atoms with Gasteiger partial charge in [-0.3, -0.25) is 10.1 Å². The first-order chi connectivity index (χ1) is 20.5. The molecule has 1 spiro atoms. The molecule has 3 heterocycles. The summed E-state index contributed by atoms with van der Waals surface area (Å²) in [4.78, 5) is 30.8. The van der Waals surface area contributed by atoms with Crippen LogP contribution in [0.1, 0.15) is 29.5 Å². The Morgan fingerprint density at radius 2 is 1.21 bits per heavy atom. The molecule has 3 fully saturated rings. The van der Waals surface area contributed by atoms with Crippen LogP contribution in [0.25, 0.3) is 0 Å². The molecule has 3 saturated heterocycles. The minimum absolute atomic E-state index is 0.144. The quantitative estimate of drug-likeness (QED) is 0.229. The monoisotopic (exact) mass is 575 g/mol. The third-order valence-electron chi connectivity index (χ3n) is 9.17. The molecule has 4 aromatic carbocycles. The van der Waals surface area contributed by atoms with E-state index in [-0.39, 0.29) is 11.3 Å². The Hall–Kier alpha value is -4.07. The summed E-state index contributed by atoms with van der Waals surface area (Å²) >= 11 is 1.69. The lowest BCUT2D eigenvalue weighted by molar-refractivity contribution is -0.161. The van der Waals surface area contributed by atoms with Crippen molar-refractivity contribution < 1.29 is 14.7 Å². The highest BCUT2D eigenvalue weighted by atomic mass is 32.2. The topological polar surface area (TPSA) is 72.9 Å². The van der Waals surface area contributed by atoms with Crippen molar-refractivity contribution in [1.82, 2.24) is 10.2 Å². The minimum atomic E-state index is -0.912. The average Bonchev–Trinajstić information content (AvgIpc) is 3.34. The minimum Gasteiger partial charge on any atom is -0.480 e. The van der Waals surface area contributed by atoms with Crippen LogP contribution in [0.4, 0.5) is 5.69 Å². The number of thioether (sulfide) groups is 1. The fourth-order valence-electron chi connectivity index (χ4n) is 7.14. The summed E-state index contributed by atoms with van der Waals surface area (Å²) in [5.74, 6) is -1.06. The zero-order valence-corrected chi connectivity index (χ0v) is 24.0. The van der Waals surface area contributed by atoms with Gasteiger partial charge < -0.3 is 14.9 Å². The van der Waals surface area contributed by atoms with E-state index in [0.29, 0.717) is 12.8 Å². The second-order valence-corrected chi connectivity index (χ2v) is 12.9. The number of carbonyl (C=O) groups is 2. The normalized spacial score (nSPS) is 23.0. The Morgan fingerprint density at radius 3 is 1.67 bits per heavy atom. The molecule has 0 radical (unpaired) electrons. The summed E-state index contributed by atoms with van der Waals surface area (Å²) in [6.07, 6.45) is 1.41. The number of hydrogen-bond acceptors (Lipinski definition) is 5. The highest BCUT2D eigenvalue weighted by Crippen LogP contribution is 2.56. The number of anilines is 1. The van der Waals surface area contributed by atoms with E-state index in [2.05, 4.69) is 58.7 Å². The van der Waals surface area contributed by atoms with Gasteiger partial charge in [0.2, 0.25) is 5.91 Å². The number of fused-ring (bicyclic) bond motifs is 1. The Morgan fingerprint density at radius 1 is 0.762 bits per heavy atom. The summed E-state index contributed by atoms with van der Waals surface area (Å²) < 4.78 is -0.525. The van der Waals surface area contributed by atoms with Gasteiger partial charge in [0.15, 0.2) is 0 Å². The van der Waals surface area contributed by atoms with Crippen LogP contribution < -0.4 is 10.2 Å². The molecular formula is C35H33N3O3S. The fourth-order valence-corrected chi connectivity index (χ4v) is 9.04. The number of hydrogen-bond donors (Lipinski definition) is 2. The molecule has 212 valence electrons. The Labute approximate surface area is 250 Å². The van der Waals surface area contributed by atoms with E-state index in [9.17, 15) is 14.7 Å². The lowest BCUT2D eigenvalue weighted by atomic mass is 9.75. The van der Waals surface area contributed by atoms with Crippen LogP contribution in [0, 0.1) is 0 Å². The number of nitrogens with zero attached hydrogens (tertiary/aromatic N) is 2. The molecule has 2 N–H and O–H groups in total. The average molecular weight is 576 g/mol. The van der Waals surface area contributed by atoms with Gasteiger partial charge in [-0.25, -0.2) is 4.79 Å². The third kappa shape index (κ3) is 4.22. The number of carboxylic acids is 1. The zero-order valence-electron chi connectivity index (χ0n) is 23.2. The van der Waals surface area contributed by atoms with Crippen LogP contribution in [0.5, 0.6) is 0 Å². The van der Waals surface area contributed by atoms with Gasteiger partial charge in [-0.15, -0.1) is 11.8 Å². The second kappa shape index (κ2) is 10.6. The molecule has 7 rings (SSSR count). The summed E-state index contributed by atoms with van der Waals surface area (Å²) in [7, 11) is 0. The van der Waals surface area contributed by atoms with Crippen molar-refractivity contribution >= 4 is 29.3 Å². The summed E-state index contributed by atoms with van der Waals surface area (Å²) in [5.41, 5.74) is 3.42. The number of β-lactam (4-membered cyclic amide) rings is 1. The van der Waals surface area contributed by atoms with Crippen molar-refractivity contribution in [3.8, 4) is 0 Å². The van der Waals surface area contributed by atoms with Crippen LogP contribution >= 0.6 is 11.8 Å². The van der Waals surface area contributed by atoms with Gasteiger partial charge in [-0.2, -0.15) is 0 Å². The number of para-hydroxylation sites is 1. The molecule has 0 bridgehead atoms. The van der Waals surface area contributed by atoms with E-state index in [1.165, 1.54) is 0 Å². The van der Waals surface area contributed by atoms with E-state index >= 15 is 0 Å².